The largest absolute Gasteiger partial charge is 0.490 e. The fraction of sp³-hybridized carbons (Fsp3) is 0.556. The van der Waals surface area contributed by atoms with Crippen molar-refractivity contribution in [3.8, 4) is 0 Å². The SMILES string of the molecule is COC(=O)CC1=C(OC)C(=O)C(C)O1. The van der Waals surface area contributed by atoms with Crippen molar-refractivity contribution >= 4 is 11.8 Å². The summed E-state index contributed by atoms with van der Waals surface area (Å²) in [5, 5.41) is 0. The van der Waals surface area contributed by atoms with Gasteiger partial charge in [0.1, 0.15) is 6.42 Å². The second-order valence-corrected chi connectivity index (χ2v) is 2.83. The topological polar surface area (TPSA) is 61.8 Å². The molecule has 78 valence electrons. The number of hydrogen-bond donors (Lipinski definition) is 0. The molecule has 0 aliphatic carbocycles. The van der Waals surface area contributed by atoms with E-state index in [0.29, 0.717) is 0 Å². The zero-order valence-corrected chi connectivity index (χ0v) is 8.33. The van der Waals surface area contributed by atoms with Gasteiger partial charge < -0.3 is 14.2 Å². The van der Waals surface area contributed by atoms with E-state index < -0.39 is 12.1 Å². The molecule has 1 rings (SSSR count). The fourth-order valence-electron chi connectivity index (χ4n) is 1.18. The van der Waals surface area contributed by atoms with Crippen LogP contribution in [-0.2, 0) is 23.8 Å². The Morgan fingerprint density at radius 3 is 2.64 bits per heavy atom. The van der Waals surface area contributed by atoms with Crippen LogP contribution in [0.5, 0.6) is 0 Å². The quantitative estimate of drug-likeness (QED) is 0.617. The van der Waals surface area contributed by atoms with E-state index in [-0.39, 0.29) is 23.7 Å². The molecule has 5 heteroatoms. The Balaban J connectivity index is 2.79. The molecule has 0 radical (unpaired) electrons. The minimum atomic E-state index is -0.579. The number of Topliss-reactive ketones (excluding diaryl/α,β-unsaturated/α-hetero) is 1. The number of hydrogen-bond acceptors (Lipinski definition) is 5. The van der Waals surface area contributed by atoms with Gasteiger partial charge in [-0.2, -0.15) is 0 Å². The summed E-state index contributed by atoms with van der Waals surface area (Å²) in [4.78, 5) is 22.3. The third-order valence-corrected chi connectivity index (χ3v) is 1.90. The summed E-state index contributed by atoms with van der Waals surface area (Å²) in [7, 11) is 2.64. The summed E-state index contributed by atoms with van der Waals surface area (Å²) >= 11 is 0. The van der Waals surface area contributed by atoms with Crippen LogP contribution in [0.3, 0.4) is 0 Å². The highest BCUT2D eigenvalue weighted by Gasteiger charge is 2.33. The number of carbonyl (C=O) groups excluding carboxylic acids is 2. The van der Waals surface area contributed by atoms with E-state index in [1.165, 1.54) is 14.2 Å². The Bertz CT molecular complexity index is 292. The molecule has 0 spiro atoms. The van der Waals surface area contributed by atoms with Crippen LogP contribution in [0.15, 0.2) is 11.5 Å². The zero-order chi connectivity index (χ0) is 10.7. The van der Waals surface area contributed by atoms with Gasteiger partial charge in [0.2, 0.25) is 11.5 Å². The van der Waals surface area contributed by atoms with E-state index >= 15 is 0 Å². The molecule has 1 aliphatic rings. The molecule has 1 atom stereocenters. The first-order chi connectivity index (χ1) is 6.60. The van der Waals surface area contributed by atoms with Crippen molar-refractivity contribution in [1.82, 2.24) is 0 Å². The predicted octanol–water partition coefficient (Wildman–Crippen LogP) is 0.395. The zero-order valence-electron chi connectivity index (χ0n) is 8.33. The Hall–Kier alpha value is -1.52. The molecule has 1 heterocycles. The average Bonchev–Trinajstić information content (AvgIpc) is 2.42. The molecule has 0 amide bonds. The van der Waals surface area contributed by atoms with Crippen LogP contribution >= 0.6 is 0 Å². The minimum Gasteiger partial charge on any atom is -0.490 e. The molecule has 0 saturated carbocycles. The van der Waals surface area contributed by atoms with Gasteiger partial charge in [0.15, 0.2) is 11.9 Å². The van der Waals surface area contributed by atoms with E-state index in [4.69, 9.17) is 9.47 Å². The third-order valence-electron chi connectivity index (χ3n) is 1.90. The first kappa shape index (κ1) is 10.6. The maximum Gasteiger partial charge on any atom is 0.313 e. The van der Waals surface area contributed by atoms with Gasteiger partial charge in [-0.1, -0.05) is 0 Å². The van der Waals surface area contributed by atoms with Crippen LogP contribution in [-0.4, -0.2) is 32.1 Å². The summed E-state index contributed by atoms with van der Waals surface area (Å²) < 4.78 is 14.5. The van der Waals surface area contributed by atoms with Gasteiger partial charge in [0.05, 0.1) is 14.2 Å². The lowest BCUT2D eigenvalue weighted by Crippen LogP contribution is -2.13. The normalized spacial score (nSPS) is 20.8. The van der Waals surface area contributed by atoms with Gasteiger partial charge in [-0.25, -0.2) is 0 Å². The molecule has 0 saturated heterocycles. The summed E-state index contributed by atoms with van der Waals surface area (Å²) in [6.45, 7) is 1.60. The van der Waals surface area contributed by atoms with E-state index in [9.17, 15) is 9.59 Å². The third kappa shape index (κ3) is 1.86. The predicted molar refractivity (Wildman–Crippen MR) is 46.2 cm³/mol. The number of ether oxygens (including phenoxy) is 3. The lowest BCUT2D eigenvalue weighted by atomic mass is 10.2. The van der Waals surface area contributed by atoms with Crippen LogP contribution in [0.25, 0.3) is 0 Å². The molecule has 0 bridgehead atoms. The van der Waals surface area contributed by atoms with Crippen molar-refractivity contribution in [3.63, 3.8) is 0 Å². The van der Waals surface area contributed by atoms with Gasteiger partial charge in [-0.3, -0.25) is 9.59 Å². The second kappa shape index (κ2) is 4.13. The molecule has 0 aromatic carbocycles. The molecular weight excluding hydrogens is 188 g/mol. The highest BCUT2D eigenvalue weighted by atomic mass is 16.5. The van der Waals surface area contributed by atoms with Crippen molar-refractivity contribution in [2.24, 2.45) is 0 Å². The molecule has 0 aromatic rings. The maximum absolute atomic E-state index is 11.4. The molecule has 0 N–H and O–H groups in total. The van der Waals surface area contributed by atoms with Crippen molar-refractivity contribution in [2.45, 2.75) is 19.4 Å². The van der Waals surface area contributed by atoms with Crippen molar-refractivity contribution in [1.29, 1.82) is 0 Å². The summed E-state index contributed by atoms with van der Waals surface area (Å²) in [5.74, 6) is -0.345. The second-order valence-electron chi connectivity index (χ2n) is 2.83. The van der Waals surface area contributed by atoms with Gasteiger partial charge in [0.25, 0.3) is 0 Å². The summed E-state index contributed by atoms with van der Waals surface area (Å²) in [5.41, 5.74) is 0. The molecule has 0 fully saturated rings. The van der Waals surface area contributed by atoms with E-state index in [1.807, 2.05) is 0 Å². The highest BCUT2D eigenvalue weighted by Crippen LogP contribution is 2.24. The smallest absolute Gasteiger partial charge is 0.313 e. The van der Waals surface area contributed by atoms with Gasteiger partial charge >= 0.3 is 5.97 Å². The molecular formula is C9H12O5. The maximum atomic E-state index is 11.4. The Morgan fingerprint density at radius 2 is 2.14 bits per heavy atom. The molecule has 0 aromatic heterocycles. The van der Waals surface area contributed by atoms with Crippen molar-refractivity contribution in [2.75, 3.05) is 14.2 Å². The average molecular weight is 200 g/mol. The first-order valence-electron chi connectivity index (χ1n) is 4.15. The standard InChI is InChI=1S/C9H12O5/c1-5-8(11)9(13-3)6(14-5)4-7(10)12-2/h5H,4H2,1-3H3. The number of methoxy groups -OCH3 is 2. The van der Waals surface area contributed by atoms with Crippen LogP contribution in [0.4, 0.5) is 0 Å². The van der Waals surface area contributed by atoms with Crippen molar-refractivity contribution in [3.05, 3.63) is 11.5 Å². The number of esters is 1. The van der Waals surface area contributed by atoms with Crippen LogP contribution in [0.2, 0.25) is 0 Å². The molecule has 1 aliphatic heterocycles. The fourth-order valence-corrected chi connectivity index (χ4v) is 1.18. The summed E-state index contributed by atoms with van der Waals surface area (Å²) in [6, 6.07) is 0. The van der Waals surface area contributed by atoms with Gasteiger partial charge in [0, 0.05) is 0 Å². The lowest BCUT2D eigenvalue weighted by Gasteiger charge is -2.04. The first-order valence-corrected chi connectivity index (χ1v) is 4.15. The van der Waals surface area contributed by atoms with Gasteiger partial charge in [-0.05, 0) is 6.92 Å². The van der Waals surface area contributed by atoms with Crippen molar-refractivity contribution < 1.29 is 23.8 Å². The Kier molecular flexibility index (Phi) is 3.11. The highest BCUT2D eigenvalue weighted by molar-refractivity contribution is 5.99. The van der Waals surface area contributed by atoms with Crippen LogP contribution < -0.4 is 0 Å². The Morgan fingerprint density at radius 1 is 1.50 bits per heavy atom. The van der Waals surface area contributed by atoms with E-state index in [2.05, 4.69) is 4.74 Å². The number of ketones is 1. The molecule has 14 heavy (non-hydrogen) atoms. The minimum absolute atomic E-state index is 0.0737. The van der Waals surface area contributed by atoms with E-state index in [1.54, 1.807) is 6.92 Å². The lowest BCUT2D eigenvalue weighted by molar-refractivity contribution is -0.140. The summed E-state index contributed by atoms with van der Waals surface area (Å²) in [6.07, 6.45) is -0.653. The van der Waals surface area contributed by atoms with Crippen LogP contribution in [0.1, 0.15) is 13.3 Å². The molecule has 5 nitrogen and oxygen atoms in total. The van der Waals surface area contributed by atoms with Crippen LogP contribution in [0, 0.1) is 0 Å². The van der Waals surface area contributed by atoms with Gasteiger partial charge in [-0.15, -0.1) is 0 Å². The monoisotopic (exact) mass is 200 g/mol. The molecule has 1 unspecified atom stereocenters. The number of rotatable bonds is 3. The van der Waals surface area contributed by atoms with E-state index in [0.717, 1.165) is 0 Å². The Labute approximate surface area is 81.6 Å². The number of carbonyl (C=O) groups is 2.